The summed E-state index contributed by atoms with van der Waals surface area (Å²) in [4.78, 5) is 24.6. The van der Waals surface area contributed by atoms with Gasteiger partial charge in [0.15, 0.2) is 0 Å². The first-order valence-corrected chi connectivity index (χ1v) is 6.43. The molecule has 2 unspecified atom stereocenters. The van der Waals surface area contributed by atoms with Gasteiger partial charge < -0.3 is 20.0 Å². The molecule has 0 bridgehead atoms. The number of hydrogen-bond acceptors (Lipinski definition) is 4. The first-order valence-electron chi connectivity index (χ1n) is 6.43. The molecule has 0 radical (unpaired) electrons. The Hall–Kier alpha value is -1.14. The van der Waals surface area contributed by atoms with Gasteiger partial charge in [0.1, 0.15) is 12.5 Å². The van der Waals surface area contributed by atoms with Crippen LogP contribution >= 0.6 is 0 Å². The number of carbonyl (C=O) groups is 2. The number of amides is 2. The van der Waals surface area contributed by atoms with E-state index in [1.807, 2.05) is 13.8 Å². The summed E-state index contributed by atoms with van der Waals surface area (Å²) >= 11 is 0. The van der Waals surface area contributed by atoms with Crippen LogP contribution in [0.1, 0.15) is 39.5 Å². The monoisotopic (exact) mass is 258 g/mol. The average Bonchev–Trinajstić information content (AvgIpc) is 2.36. The van der Waals surface area contributed by atoms with Gasteiger partial charge in [0.2, 0.25) is 12.8 Å². The van der Waals surface area contributed by atoms with E-state index in [4.69, 9.17) is 0 Å². The maximum Gasteiger partial charge on any atom is 0.212 e. The lowest BCUT2D eigenvalue weighted by atomic mass is 9.97. The fourth-order valence-electron chi connectivity index (χ4n) is 2.57. The molecule has 4 atom stereocenters. The molecule has 1 fully saturated rings. The maximum atomic E-state index is 11.1. The molecule has 6 heteroatoms. The third-order valence-electron chi connectivity index (χ3n) is 3.48. The second-order valence-corrected chi connectivity index (χ2v) is 4.64. The zero-order valence-corrected chi connectivity index (χ0v) is 10.9. The molecule has 6 nitrogen and oxygen atoms in total. The van der Waals surface area contributed by atoms with E-state index in [9.17, 15) is 19.8 Å². The molecule has 18 heavy (non-hydrogen) atoms. The highest BCUT2D eigenvalue weighted by molar-refractivity contribution is 5.53. The summed E-state index contributed by atoms with van der Waals surface area (Å²) in [5.41, 5.74) is 0. The summed E-state index contributed by atoms with van der Waals surface area (Å²) in [6.45, 7) is 3.84. The lowest BCUT2D eigenvalue weighted by Crippen LogP contribution is -2.67. The molecule has 1 aliphatic heterocycles. The van der Waals surface area contributed by atoms with E-state index in [0.29, 0.717) is 25.7 Å². The van der Waals surface area contributed by atoms with Crippen molar-refractivity contribution in [2.75, 3.05) is 0 Å². The highest BCUT2D eigenvalue weighted by atomic mass is 16.3. The van der Waals surface area contributed by atoms with Crippen LogP contribution in [0.2, 0.25) is 0 Å². The second kappa shape index (κ2) is 6.70. The smallest absolute Gasteiger partial charge is 0.212 e. The number of hydrogen-bond donors (Lipinski definition) is 2. The summed E-state index contributed by atoms with van der Waals surface area (Å²) in [6.07, 6.45) is 1.60. The Bertz CT molecular complexity index is 259. The summed E-state index contributed by atoms with van der Waals surface area (Å²) in [5, 5.41) is 20.3. The molecule has 1 saturated heterocycles. The van der Waals surface area contributed by atoms with Crippen molar-refractivity contribution in [1.29, 1.82) is 0 Å². The fraction of sp³-hybridized carbons (Fsp3) is 0.833. The average molecular weight is 258 g/mol. The molecule has 0 aromatic heterocycles. The van der Waals surface area contributed by atoms with Gasteiger partial charge in [-0.3, -0.25) is 9.59 Å². The summed E-state index contributed by atoms with van der Waals surface area (Å²) in [5.74, 6) is 0. The zero-order chi connectivity index (χ0) is 13.7. The Morgan fingerprint density at radius 3 is 1.44 bits per heavy atom. The number of aliphatic hydroxyl groups is 2. The summed E-state index contributed by atoms with van der Waals surface area (Å²) in [7, 11) is 0. The van der Waals surface area contributed by atoms with Crippen molar-refractivity contribution >= 4 is 12.8 Å². The Balaban J connectivity index is 2.99. The van der Waals surface area contributed by atoms with E-state index in [2.05, 4.69) is 0 Å². The normalized spacial score (nSPS) is 32.4. The SMILES string of the molecule is CCC[C@H]1C(O)N(C=O)[C@@H](CCC)C(O)N1C=O. The van der Waals surface area contributed by atoms with Crippen LogP contribution in [0.25, 0.3) is 0 Å². The van der Waals surface area contributed by atoms with E-state index < -0.39 is 24.5 Å². The van der Waals surface area contributed by atoms with E-state index in [0.717, 1.165) is 12.8 Å². The fourth-order valence-corrected chi connectivity index (χ4v) is 2.57. The van der Waals surface area contributed by atoms with E-state index in [-0.39, 0.29) is 0 Å². The van der Waals surface area contributed by atoms with Crippen molar-refractivity contribution in [2.24, 2.45) is 0 Å². The third-order valence-corrected chi connectivity index (χ3v) is 3.48. The van der Waals surface area contributed by atoms with Gasteiger partial charge in [-0.25, -0.2) is 0 Å². The van der Waals surface area contributed by atoms with Crippen molar-refractivity contribution in [3.8, 4) is 0 Å². The van der Waals surface area contributed by atoms with E-state index in [1.165, 1.54) is 9.80 Å². The Morgan fingerprint density at radius 1 is 0.889 bits per heavy atom. The number of aliphatic hydroxyl groups excluding tert-OH is 2. The van der Waals surface area contributed by atoms with Gasteiger partial charge in [0, 0.05) is 0 Å². The van der Waals surface area contributed by atoms with Crippen LogP contribution in [-0.4, -0.2) is 57.4 Å². The highest BCUT2D eigenvalue weighted by Gasteiger charge is 2.44. The predicted octanol–water partition coefficient (Wildman–Crippen LogP) is -0.109. The number of piperazine rings is 1. The van der Waals surface area contributed by atoms with Crippen molar-refractivity contribution < 1.29 is 19.8 Å². The van der Waals surface area contributed by atoms with Crippen molar-refractivity contribution in [3.05, 3.63) is 0 Å². The molecular formula is C12H22N2O4. The van der Waals surface area contributed by atoms with Gasteiger partial charge in [-0.15, -0.1) is 0 Å². The second-order valence-electron chi connectivity index (χ2n) is 4.64. The Labute approximate surface area is 107 Å². The lowest BCUT2D eigenvalue weighted by Gasteiger charge is -2.50. The molecule has 0 saturated carbocycles. The number of nitrogens with zero attached hydrogens (tertiary/aromatic N) is 2. The topological polar surface area (TPSA) is 81.1 Å². The zero-order valence-electron chi connectivity index (χ0n) is 10.9. The Morgan fingerprint density at radius 2 is 1.22 bits per heavy atom. The summed E-state index contributed by atoms with van der Waals surface area (Å²) in [6, 6.07) is -1.08. The quantitative estimate of drug-likeness (QED) is 0.651. The summed E-state index contributed by atoms with van der Waals surface area (Å²) < 4.78 is 0. The standard InChI is InChI=1S/C12H22N2O4/c1-3-5-9-11(17)14(8-16)10(6-4-2)12(18)13(9)7-15/h7-12,17-18H,3-6H2,1-2H3/t9-,10-,11?,12?/m0/s1. The van der Waals surface area contributed by atoms with Crippen LogP contribution < -0.4 is 0 Å². The molecular weight excluding hydrogens is 236 g/mol. The van der Waals surface area contributed by atoms with Gasteiger partial charge in [0.05, 0.1) is 12.1 Å². The molecule has 0 aromatic carbocycles. The Kier molecular flexibility index (Phi) is 5.55. The van der Waals surface area contributed by atoms with Crippen LogP contribution in [0.4, 0.5) is 0 Å². The molecule has 2 amide bonds. The third kappa shape index (κ3) is 2.64. The molecule has 2 N–H and O–H groups in total. The maximum absolute atomic E-state index is 11.1. The molecule has 104 valence electrons. The van der Waals surface area contributed by atoms with Gasteiger partial charge in [-0.05, 0) is 12.8 Å². The molecule has 1 aliphatic rings. The van der Waals surface area contributed by atoms with Gasteiger partial charge in [-0.2, -0.15) is 0 Å². The van der Waals surface area contributed by atoms with Crippen LogP contribution in [0.5, 0.6) is 0 Å². The molecule has 0 aliphatic carbocycles. The van der Waals surface area contributed by atoms with Gasteiger partial charge in [-0.1, -0.05) is 26.7 Å². The van der Waals surface area contributed by atoms with Crippen LogP contribution in [0.3, 0.4) is 0 Å². The molecule has 1 heterocycles. The largest absolute Gasteiger partial charge is 0.371 e. The van der Waals surface area contributed by atoms with Crippen LogP contribution in [0.15, 0.2) is 0 Å². The molecule has 0 spiro atoms. The minimum absolute atomic E-state index is 0.541. The van der Waals surface area contributed by atoms with Gasteiger partial charge in [0.25, 0.3) is 0 Å². The molecule has 1 rings (SSSR count). The molecule has 0 aromatic rings. The predicted molar refractivity (Wildman–Crippen MR) is 65.2 cm³/mol. The number of carbonyl (C=O) groups excluding carboxylic acids is 2. The van der Waals surface area contributed by atoms with Crippen LogP contribution in [0, 0.1) is 0 Å². The van der Waals surface area contributed by atoms with Crippen molar-refractivity contribution in [3.63, 3.8) is 0 Å². The van der Waals surface area contributed by atoms with Gasteiger partial charge >= 0.3 is 0 Å². The van der Waals surface area contributed by atoms with E-state index in [1.54, 1.807) is 0 Å². The highest BCUT2D eigenvalue weighted by Crippen LogP contribution is 2.27. The van der Waals surface area contributed by atoms with Crippen LogP contribution in [-0.2, 0) is 9.59 Å². The van der Waals surface area contributed by atoms with Crippen molar-refractivity contribution in [1.82, 2.24) is 9.80 Å². The first kappa shape index (κ1) is 14.9. The van der Waals surface area contributed by atoms with Crippen molar-refractivity contribution in [2.45, 2.75) is 64.1 Å². The lowest BCUT2D eigenvalue weighted by molar-refractivity contribution is -0.199. The number of rotatable bonds is 6. The van der Waals surface area contributed by atoms with E-state index >= 15 is 0 Å². The minimum Gasteiger partial charge on any atom is -0.371 e. The first-order chi connectivity index (χ1) is 8.62. The minimum atomic E-state index is -1.05.